The fraction of sp³-hybridized carbons (Fsp3) is 0.750. The van der Waals surface area contributed by atoms with E-state index in [1.54, 1.807) is 0 Å². The van der Waals surface area contributed by atoms with Gasteiger partial charge in [-0.15, -0.1) is 0 Å². The van der Waals surface area contributed by atoms with Crippen LogP contribution in [0.4, 0.5) is 0 Å². The van der Waals surface area contributed by atoms with Gasteiger partial charge in [0.15, 0.2) is 0 Å². The number of rotatable bonds is 1. The van der Waals surface area contributed by atoms with E-state index in [-0.39, 0.29) is 11.9 Å². The van der Waals surface area contributed by atoms with Crippen LogP contribution in [-0.2, 0) is 14.3 Å². The third-order valence-corrected chi connectivity index (χ3v) is 1.97. The van der Waals surface area contributed by atoms with Crippen molar-refractivity contribution in [2.45, 2.75) is 31.7 Å². The quantitative estimate of drug-likeness (QED) is 0.574. The summed E-state index contributed by atoms with van der Waals surface area (Å²) in [5.41, 5.74) is 0. The van der Waals surface area contributed by atoms with E-state index in [4.69, 9.17) is 0 Å². The highest BCUT2D eigenvalue weighted by atomic mass is 16.5. The molecule has 0 unspecified atom stereocenters. The lowest BCUT2D eigenvalue weighted by molar-refractivity contribution is -0.144. The number of hydrogen-bond donors (Lipinski definition) is 1. The summed E-state index contributed by atoms with van der Waals surface area (Å²) in [6.45, 7) is 0. The van der Waals surface area contributed by atoms with Crippen LogP contribution in [0.2, 0.25) is 0 Å². The lowest BCUT2D eigenvalue weighted by atomic mass is 10.1. The van der Waals surface area contributed by atoms with E-state index >= 15 is 0 Å². The van der Waals surface area contributed by atoms with Gasteiger partial charge >= 0.3 is 5.97 Å². The second-order valence-electron chi connectivity index (χ2n) is 2.89. The van der Waals surface area contributed by atoms with Crippen molar-refractivity contribution in [3.05, 3.63) is 0 Å². The van der Waals surface area contributed by atoms with Gasteiger partial charge < -0.3 is 10.1 Å². The van der Waals surface area contributed by atoms with Gasteiger partial charge in [-0.3, -0.25) is 4.79 Å². The van der Waals surface area contributed by atoms with Gasteiger partial charge in [-0.05, 0) is 12.8 Å². The normalized spacial score (nSPS) is 24.1. The zero-order chi connectivity index (χ0) is 8.97. The van der Waals surface area contributed by atoms with Gasteiger partial charge in [-0.2, -0.15) is 0 Å². The summed E-state index contributed by atoms with van der Waals surface area (Å²) < 4.78 is 4.54. The Labute approximate surface area is 71.3 Å². The standard InChI is InChI=1S/C8H13NO3/c1-12-8(11)6-4-2-3-5-7(10)9-6/h6H,2-5H2,1H3,(H,9,10)/t6-/m0/s1. The minimum atomic E-state index is -0.426. The Bertz CT molecular complexity index is 191. The lowest BCUT2D eigenvalue weighted by Crippen LogP contribution is -2.39. The van der Waals surface area contributed by atoms with Gasteiger partial charge in [0.2, 0.25) is 5.91 Å². The van der Waals surface area contributed by atoms with Crippen LogP contribution in [0.15, 0.2) is 0 Å². The van der Waals surface area contributed by atoms with Crippen LogP contribution < -0.4 is 5.32 Å². The average molecular weight is 171 g/mol. The van der Waals surface area contributed by atoms with Crippen LogP contribution in [-0.4, -0.2) is 25.0 Å². The maximum Gasteiger partial charge on any atom is 0.328 e. The zero-order valence-electron chi connectivity index (χ0n) is 7.13. The number of hydrogen-bond acceptors (Lipinski definition) is 3. The number of methoxy groups -OCH3 is 1. The van der Waals surface area contributed by atoms with Crippen molar-refractivity contribution in [3.8, 4) is 0 Å². The van der Waals surface area contributed by atoms with Crippen LogP contribution >= 0.6 is 0 Å². The summed E-state index contributed by atoms with van der Waals surface area (Å²) in [5, 5.41) is 2.62. The fourth-order valence-electron chi connectivity index (χ4n) is 1.29. The fourth-order valence-corrected chi connectivity index (χ4v) is 1.29. The van der Waals surface area contributed by atoms with Crippen molar-refractivity contribution < 1.29 is 14.3 Å². The predicted molar refractivity (Wildman–Crippen MR) is 42.4 cm³/mol. The van der Waals surface area contributed by atoms with E-state index in [2.05, 4.69) is 10.1 Å². The molecule has 0 aromatic carbocycles. The highest BCUT2D eigenvalue weighted by Gasteiger charge is 2.23. The predicted octanol–water partition coefficient (Wildman–Crippen LogP) is 0.218. The largest absolute Gasteiger partial charge is 0.467 e. The summed E-state index contributed by atoms with van der Waals surface area (Å²) in [7, 11) is 1.33. The maximum absolute atomic E-state index is 11.0. The van der Waals surface area contributed by atoms with Gasteiger partial charge in [0.1, 0.15) is 6.04 Å². The molecule has 0 aromatic heterocycles. The second-order valence-corrected chi connectivity index (χ2v) is 2.89. The molecule has 1 N–H and O–H groups in total. The molecule has 4 heteroatoms. The molecule has 1 aliphatic rings. The summed E-state index contributed by atoms with van der Waals surface area (Å²) in [4.78, 5) is 22.0. The van der Waals surface area contributed by atoms with E-state index in [9.17, 15) is 9.59 Å². The molecule has 4 nitrogen and oxygen atoms in total. The van der Waals surface area contributed by atoms with Crippen molar-refractivity contribution in [3.63, 3.8) is 0 Å². The van der Waals surface area contributed by atoms with Crippen LogP contribution in [0.3, 0.4) is 0 Å². The summed E-state index contributed by atoms with van der Waals surface area (Å²) in [6, 6.07) is -0.426. The summed E-state index contributed by atoms with van der Waals surface area (Å²) in [6.07, 6.45) is 2.98. The Hall–Kier alpha value is -1.06. The molecular formula is C8H13NO3. The van der Waals surface area contributed by atoms with Crippen LogP contribution in [0.5, 0.6) is 0 Å². The Kier molecular flexibility index (Phi) is 3.08. The summed E-state index contributed by atoms with van der Waals surface area (Å²) in [5.74, 6) is -0.395. The number of esters is 1. The van der Waals surface area contributed by atoms with Gasteiger partial charge in [-0.25, -0.2) is 4.79 Å². The van der Waals surface area contributed by atoms with Crippen molar-refractivity contribution >= 4 is 11.9 Å². The first-order valence-corrected chi connectivity index (χ1v) is 4.11. The van der Waals surface area contributed by atoms with E-state index in [0.29, 0.717) is 12.8 Å². The van der Waals surface area contributed by atoms with E-state index in [1.165, 1.54) is 7.11 Å². The maximum atomic E-state index is 11.0. The van der Waals surface area contributed by atoms with Crippen molar-refractivity contribution in [2.24, 2.45) is 0 Å². The number of ether oxygens (including phenoxy) is 1. The highest BCUT2D eigenvalue weighted by Crippen LogP contribution is 2.09. The first kappa shape index (κ1) is 9.03. The Balaban J connectivity index is 2.51. The SMILES string of the molecule is COC(=O)[C@@H]1CCCCC(=O)N1. The van der Waals surface area contributed by atoms with Crippen molar-refractivity contribution in [2.75, 3.05) is 7.11 Å². The zero-order valence-corrected chi connectivity index (χ0v) is 7.13. The Morgan fingerprint density at radius 1 is 1.58 bits per heavy atom. The van der Waals surface area contributed by atoms with E-state index in [1.807, 2.05) is 0 Å². The van der Waals surface area contributed by atoms with Crippen LogP contribution in [0, 0.1) is 0 Å². The molecule has 0 aliphatic carbocycles. The lowest BCUT2D eigenvalue weighted by Gasteiger charge is -2.11. The number of carbonyl (C=O) groups excluding carboxylic acids is 2. The summed E-state index contributed by atoms with van der Waals surface area (Å²) >= 11 is 0. The second kappa shape index (κ2) is 4.09. The molecule has 0 radical (unpaired) electrons. The molecule has 1 atom stereocenters. The van der Waals surface area contributed by atoms with Gasteiger partial charge in [-0.1, -0.05) is 6.42 Å². The smallest absolute Gasteiger partial charge is 0.328 e. The van der Waals surface area contributed by atoms with Gasteiger partial charge in [0, 0.05) is 6.42 Å². The van der Waals surface area contributed by atoms with Crippen molar-refractivity contribution in [1.29, 1.82) is 0 Å². The van der Waals surface area contributed by atoms with Crippen molar-refractivity contribution in [1.82, 2.24) is 5.32 Å². The molecule has 1 rings (SSSR count). The average Bonchev–Trinajstić information content (AvgIpc) is 2.28. The highest BCUT2D eigenvalue weighted by molar-refractivity contribution is 5.84. The third-order valence-electron chi connectivity index (χ3n) is 1.97. The van der Waals surface area contributed by atoms with E-state index < -0.39 is 6.04 Å². The Morgan fingerprint density at radius 3 is 3.00 bits per heavy atom. The molecule has 1 saturated heterocycles. The minimum absolute atomic E-state index is 0.0529. The van der Waals surface area contributed by atoms with Gasteiger partial charge in [0.25, 0.3) is 0 Å². The van der Waals surface area contributed by atoms with Crippen LogP contribution in [0.25, 0.3) is 0 Å². The molecule has 1 fully saturated rings. The molecule has 0 aromatic rings. The third kappa shape index (κ3) is 2.22. The van der Waals surface area contributed by atoms with Gasteiger partial charge in [0.05, 0.1) is 7.11 Å². The minimum Gasteiger partial charge on any atom is -0.467 e. The molecular weight excluding hydrogens is 158 g/mol. The monoisotopic (exact) mass is 171 g/mol. The molecule has 0 saturated carbocycles. The molecule has 0 spiro atoms. The van der Waals surface area contributed by atoms with Crippen LogP contribution in [0.1, 0.15) is 25.7 Å². The number of amides is 1. The molecule has 0 bridgehead atoms. The Morgan fingerprint density at radius 2 is 2.33 bits per heavy atom. The number of nitrogens with one attached hydrogen (secondary N) is 1. The molecule has 12 heavy (non-hydrogen) atoms. The molecule has 68 valence electrons. The molecule has 1 amide bonds. The number of carbonyl (C=O) groups is 2. The first-order chi connectivity index (χ1) is 5.74. The molecule has 1 aliphatic heterocycles. The first-order valence-electron chi connectivity index (χ1n) is 4.11. The molecule has 1 heterocycles. The van der Waals surface area contributed by atoms with E-state index in [0.717, 1.165) is 12.8 Å². The topological polar surface area (TPSA) is 55.4 Å².